The molecule has 108 valence electrons. The fraction of sp³-hybridized carbons (Fsp3) is 0.600. The summed E-state index contributed by atoms with van der Waals surface area (Å²) < 4.78 is 10.5. The Balaban J connectivity index is 2.31. The Morgan fingerprint density at radius 3 is 2.58 bits per heavy atom. The van der Waals surface area contributed by atoms with Crippen LogP contribution in [0.5, 0.6) is 5.75 Å². The molecule has 4 heteroatoms. The van der Waals surface area contributed by atoms with Crippen LogP contribution in [0.1, 0.15) is 20.8 Å². The summed E-state index contributed by atoms with van der Waals surface area (Å²) in [5.74, 6) is 0.867. The van der Waals surface area contributed by atoms with Crippen molar-refractivity contribution < 1.29 is 9.47 Å². The molecule has 0 bridgehead atoms. The van der Waals surface area contributed by atoms with Crippen LogP contribution in [0, 0.1) is 0 Å². The molecule has 0 aliphatic carbocycles. The minimum absolute atomic E-state index is 0.160. The van der Waals surface area contributed by atoms with Gasteiger partial charge in [0.2, 0.25) is 0 Å². The molecule has 4 nitrogen and oxygen atoms in total. The van der Waals surface area contributed by atoms with E-state index in [9.17, 15) is 0 Å². The molecule has 1 aromatic rings. The van der Waals surface area contributed by atoms with Gasteiger partial charge < -0.3 is 20.1 Å². The lowest BCUT2D eigenvalue weighted by molar-refractivity contribution is 0.146. The molecule has 0 amide bonds. The summed E-state index contributed by atoms with van der Waals surface area (Å²) in [5.41, 5.74) is 1.23. The first-order valence-electron chi connectivity index (χ1n) is 6.72. The van der Waals surface area contributed by atoms with Crippen molar-refractivity contribution in [2.45, 2.75) is 26.3 Å². The standard InChI is InChI=1S/C15H26N2O2/c1-15(2,3)17-9-8-16-13-6-5-7-14(12-13)19-11-10-18-4/h5-7,12,16-17H,8-11H2,1-4H3. The molecule has 0 saturated carbocycles. The Morgan fingerprint density at radius 1 is 1.11 bits per heavy atom. The molecule has 0 heterocycles. The fourth-order valence-electron chi connectivity index (χ4n) is 1.58. The maximum atomic E-state index is 5.57. The molecule has 0 aromatic heterocycles. The summed E-state index contributed by atoms with van der Waals surface area (Å²) in [4.78, 5) is 0. The van der Waals surface area contributed by atoms with Gasteiger partial charge in [0.05, 0.1) is 6.61 Å². The Morgan fingerprint density at radius 2 is 1.89 bits per heavy atom. The van der Waals surface area contributed by atoms with Crippen LogP contribution in [0.2, 0.25) is 0 Å². The maximum Gasteiger partial charge on any atom is 0.121 e. The number of benzene rings is 1. The highest BCUT2D eigenvalue weighted by molar-refractivity contribution is 5.48. The van der Waals surface area contributed by atoms with E-state index in [0.29, 0.717) is 13.2 Å². The molecule has 0 fully saturated rings. The molecule has 0 saturated heterocycles. The number of hydrogen-bond acceptors (Lipinski definition) is 4. The third-order valence-electron chi connectivity index (χ3n) is 2.50. The average Bonchev–Trinajstić information content (AvgIpc) is 2.35. The second-order valence-electron chi connectivity index (χ2n) is 5.47. The molecule has 1 rings (SSSR count). The predicted octanol–water partition coefficient (Wildman–Crippen LogP) is 2.51. The van der Waals surface area contributed by atoms with E-state index in [4.69, 9.17) is 9.47 Å². The molecule has 0 spiro atoms. The third kappa shape index (κ3) is 7.70. The molecule has 0 aliphatic rings. The van der Waals surface area contributed by atoms with E-state index in [2.05, 4.69) is 31.4 Å². The van der Waals surface area contributed by atoms with Gasteiger partial charge >= 0.3 is 0 Å². The van der Waals surface area contributed by atoms with Crippen LogP contribution in [0.25, 0.3) is 0 Å². The lowest BCUT2D eigenvalue weighted by atomic mass is 10.1. The van der Waals surface area contributed by atoms with Crippen molar-refractivity contribution in [2.75, 3.05) is 38.7 Å². The topological polar surface area (TPSA) is 42.5 Å². The number of methoxy groups -OCH3 is 1. The van der Waals surface area contributed by atoms with E-state index < -0.39 is 0 Å². The van der Waals surface area contributed by atoms with E-state index in [1.54, 1.807) is 7.11 Å². The van der Waals surface area contributed by atoms with Crippen LogP contribution in [0.15, 0.2) is 24.3 Å². The minimum Gasteiger partial charge on any atom is -0.491 e. The maximum absolute atomic E-state index is 5.57. The zero-order valence-corrected chi connectivity index (χ0v) is 12.5. The lowest BCUT2D eigenvalue weighted by Gasteiger charge is -2.20. The van der Waals surface area contributed by atoms with Gasteiger partial charge in [0.15, 0.2) is 0 Å². The number of nitrogens with one attached hydrogen (secondary N) is 2. The number of ether oxygens (including phenoxy) is 2. The molecule has 2 N–H and O–H groups in total. The highest BCUT2D eigenvalue weighted by Gasteiger charge is 2.06. The Hall–Kier alpha value is -1.26. The van der Waals surface area contributed by atoms with Gasteiger partial charge in [0, 0.05) is 37.5 Å². The first kappa shape index (κ1) is 15.8. The Kier molecular flexibility index (Phi) is 6.67. The van der Waals surface area contributed by atoms with Crippen LogP contribution in [-0.4, -0.2) is 39.0 Å². The van der Waals surface area contributed by atoms with Gasteiger partial charge in [-0.25, -0.2) is 0 Å². The monoisotopic (exact) mass is 266 g/mol. The second kappa shape index (κ2) is 8.02. The largest absolute Gasteiger partial charge is 0.491 e. The van der Waals surface area contributed by atoms with Crippen molar-refractivity contribution in [3.8, 4) is 5.75 Å². The summed E-state index contributed by atoms with van der Waals surface area (Å²) in [5, 5.41) is 6.81. The van der Waals surface area contributed by atoms with Gasteiger partial charge in [0.1, 0.15) is 12.4 Å². The van der Waals surface area contributed by atoms with Crippen LogP contribution >= 0.6 is 0 Å². The van der Waals surface area contributed by atoms with Crippen molar-refractivity contribution in [2.24, 2.45) is 0 Å². The van der Waals surface area contributed by atoms with Gasteiger partial charge in [-0.3, -0.25) is 0 Å². The van der Waals surface area contributed by atoms with Crippen molar-refractivity contribution in [1.82, 2.24) is 5.32 Å². The molecule has 1 aromatic carbocycles. The Bertz CT molecular complexity index is 361. The molecular formula is C15H26N2O2. The molecule has 0 atom stereocenters. The van der Waals surface area contributed by atoms with Gasteiger partial charge in [0.25, 0.3) is 0 Å². The van der Waals surface area contributed by atoms with E-state index in [1.807, 2.05) is 24.3 Å². The SMILES string of the molecule is COCCOc1cccc(NCCNC(C)(C)C)c1. The molecule has 0 radical (unpaired) electrons. The van der Waals surface area contributed by atoms with Crippen molar-refractivity contribution in [3.63, 3.8) is 0 Å². The van der Waals surface area contributed by atoms with Crippen LogP contribution < -0.4 is 15.4 Å². The van der Waals surface area contributed by atoms with Crippen molar-refractivity contribution >= 4 is 5.69 Å². The van der Waals surface area contributed by atoms with Crippen LogP contribution in [0.3, 0.4) is 0 Å². The van der Waals surface area contributed by atoms with Crippen LogP contribution in [0.4, 0.5) is 5.69 Å². The molecule has 0 aliphatic heterocycles. The minimum atomic E-state index is 0.160. The second-order valence-corrected chi connectivity index (χ2v) is 5.47. The quantitative estimate of drug-likeness (QED) is 0.710. The number of rotatable bonds is 8. The first-order chi connectivity index (χ1) is 9.01. The molecular weight excluding hydrogens is 240 g/mol. The molecule has 0 unspecified atom stereocenters. The summed E-state index contributed by atoms with van der Waals surface area (Å²) in [6.07, 6.45) is 0. The smallest absolute Gasteiger partial charge is 0.121 e. The lowest BCUT2D eigenvalue weighted by Crippen LogP contribution is -2.38. The number of anilines is 1. The van der Waals surface area contributed by atoms with Gasteiger partial charge in [-0.2, -0.15) is 0 Å². The Labute approximate surface area is 116 Å². The highest BCUT2D eigenvalue weighted by atomic mass is 16.5. The van der Waals surface area contributed by atoms with E-state index in [-0.39, 0.29) is 5.54 Å². The van der Waals surface area contributed by atoms with Crippen molar-refractivity contribution in [3.05, 3.63) is 24.3 Å². The summed E-state index contributed by atoms with van der Waals surface area (Å²) in [6, 6.07) is 7.99. The van der Waals surface area contributed by atoms with Gasteiger partial charge in [-0.1, -0.05) is 6.07 Å². The average molecular weight is 266 g/mol. The summed E-state index contributed by atoms with van der Waals surface area (Å²) >= 11 is 0. The summed E-state index contributed by atoms with van der Waals surface area (Å²) in [6.45, 7) is 9.49. The zero-order valence-electron chi connectivity index (χ0n) is 12.5. The zero-order chi connectivity index (χ0) is 14.1. The highest BCUT2D eigenvalue weighted by Crippen LogP contribution is 2.16. The fourth-order valence-corrected chi connectivity index (χ4v) is 1.58. The van der Waals surface area contributed by atoms with Gasteiger partial charge in [-0.05, 0) is 32.9 Å². The first-order valence-corrected chi connectivity index (χ1v) is 6.72. The van der Waals surface area contributed by atoms with E-state index >= 15 is 0 Å². The van der Waals surface area contributed by atoms with E-state index in [0.717, 1.165) is 24.5 Å². The summed E-state index contributed by atoms with van der Waals surface area (Å²) in [7, 11) is 1.67. The van der Waals surface area contributed by atoms with Crippen LogP contribution in [-0.2, 0) is 4.74 Å². The normalized spacial score (nSPS) is 11.4. The van der Waals surface area contributed by atoms with Gasteiger partial charge in [-0.15, -0.1) is 0 Å². The van der Waals surface area contributed by atoms with E-state index in [1.165, 1.54) is 0 Å². The molecule has 19 heavy (non-hydrogen) atoms. The predicted molar refractivity (Wildman–Crippen MR) is 80.1 cm³/mol. The third-order valence-corrected chi connectivity index (χ3v) is 2.50. The number of hydrogen-bond donors (Lipinski definition) is 2. The van der Waals surface area contributed by atoms with Crippen molar-refractivity contribution in [1.29, 1.82) is 0 Å².